The molecule has 0 aliphatic carbocycles. The molecule has 7 heteroatoms. The van der Waals surface area contributed by atoms with Crippen LogP contribution in [0.4, 0.5) is 0 Å². The van der Waals surface area contributed by atoms with E-state index in [1.54, 1.807) is 4.31 Å². The van der Waals surface area contributed by atoms with Gasteiger partial charge in [0.05, 0.1) is 0 Å². The van der Waals surface area contributed by atoms with Gasteiger partial charge in [-0.15, -0.1) is 11.3 Å². The van der Waals surface area contributed by atoms with E-state index < -0.39 is 10.2 Å². The van der Waals surface area contributed by atoms with E-state index in [0.717, 1.165) is 29.7 Å². The summed E-state index contributed by atoms with van der Waals surface area (Å²) < 4.78 is 28.8. The van der Waals surface area contributed by atoms with E-state index in [0.29, 0.717) is 6.54 Å². The van der Waals surface area contributed by atoms with Gasteiger partial charge in [-0.3, -0.25) is 0 Å². The Morgan fingerprint density at radius 1 is 1.52 bits per heavy atom. The molecule has 0 radical (unpaired) electrons. The molecule has 2 N–H and O–H groups in total. The minimum absolute atomic E-state index is 0.0607. The van der Waals surface area contributed by atoms with E-state index in [-0.39, 0.29) is 19.2 Å². The van der Waals surface area contributed by atoms with Gasteiger partial charge < -0.3 is 5.11 Å². The van der Waals surface area contributed by atoms with Gasteiger partial charge in [0.2, 0.25) is 0 Å². The summed E-state index contributed by atoms with van der Waals surface area (Å²) in [5.74, 6) is 5.38. The first kappa shape index (κ1) is 16.5. The monoisotopic (exact) mass is 328 g/mol. The van der Waals surface area contributed by atoms with Crippen LogP contribution in [0.1, 0.15) is 36.6 Å². The summed E-state index contributed by atoms with van der Waals surface area (Å²) in [6, 6.07) is 1.90. The molecule has 1 unspecified atom stereocenters. The van der Waals surface area contributed by atoms with Crippen LogP contribution in [0, 0.1) is 11.8 Å². The Balaban J connectivity index is 1.96. The van der Waals surface area contributed by atoms with E-state index in [2.05, 4.69) is 16.6 Å². The fourth-order valence-electron chi connectivity index (χ4n) is 2.35. The second-order valence-electron chi connectivity index (χ2n) is 5.04. The quantitative estimate of drug-likeness (QED) is 0.819. The van der Waals surface area contributed by atoms with Crippen molar-refractivity contribution in [3.05, 3.63) is 21.9 Å². The Kier molecular flexibility index (Phi) is 5.79. The number of piperidine rings is 1. The lowest BCUT2D eigenvalue weighted by Gasteiger charge is -2.32. The topological polar surface area (TPSA) is 69.6 Å². The van der Waals surface area contributed by atoms with Crippen LogP contribution in [-0.2, 0) is 16.8 Å². The average Bonchev–Trinajstić information content (AvgIpc) is 2.91. The van der Waals surface area contributed by atoms with Gasteiger partial charge in [-0.25, -0.2) is 0 Å². The Morgan fingerprint density at radius 3 is 3.05 bits per heavy atom. The molecular formula is C14H20N2O3S2. The summed E-state index contributed by atoms with van der Waals surface area (Å²) in [4.78, 5) is 0.908. The minimum atomic E-state index is -3.42. The Labute approximate surface area is 130 Å². The van der Waals surface area contributed by atoms with E-state index >= 15 is 0 Å². The first-order valence-corrected chi connectivity index (χ1v) is 9.28. The largest absolute Gasteiger partial charge is 0.384 e. The molecular weight excluding hydrogens is 308 g/mol. The Morgan fingerprint density at radius 2 is 2.33 bits per heavy atom. The van der Waals surface area contributed by atoms with Crippen molar-refractivity contribution in [3.8, 4) is 11.8 Å². The molecule has 1 aliphatic rings. The zero-order chi connectivity index (χ0) is 15.3. The molecule has 0 saturated carbocycles. The van der Waals surface area contributed by atoms with Crippen LogP contribution in [0.3, 0.4) is 0 Å². The predicted octanol–water partition coefficient (Wildman–Crippen LogP) is 1.30. The second-order valence-corrected chi connectivity index (χ2v) is 7.75. The van der Waals surface area contributed by atoms with Crippen molar-refractivity contribution in [1.82, 2.24) is 9.03 Å². The third kappa shape index (κ3) is 4.53. The summed E-state index contributed by atoms with van der Waals surface area (Å²) in [5.41, 5.74) is 0.801. The van der Waals surface area contributed by atoms with Crippen LogP contribution in [0.15, 0.2) is 11.4 Å². The molecule has 1 aliphatic heterocycles. The number of thiophene rings is 1. The van der Waals surface area contributed by atoms with E-state index in [4.69, 9.17) is 5.11 Å². The van der Waals surface area contributed by atoms with Gasteiger partial charge in [-0.2, -0.15) is 17.4 Å². The van der Waals surface area contributed by atoms with Crippen molar-refractivity contribution in [1.29, 1.82) is 0 Å². The number of nitrogens with one attached hydrogen (secondary N) is 1. The van der Waals surface area contributed by atoms with Gasteiger partial charge in [0.1, 0.15) is 6.61 Å². The van der Waals surface area contributed by atoms with Gasteiger partial charge in [-0.1, -0.05) is 18.3 Å². The number of hydrogen-bond acceptors (Lipinski definition) is 4. The molecule has 1 saturated heterocycles. The van der Waals surface area contributed by atoms with Crippen LogP contribution in [-0.4, -0.2) is 37.0 Å². The molecule has 2 heterocycles. The van der Waals surface area contributed by atoms with Gasteiger partial charge in [0.25, 0.3) is 10.2 Å². The standard InChI is InChI=1S/C14H20N2O3S2/c1-12-5-2-3-7-16(12)21(18,19)15-10-14-9-13(11-20-14)6-4-8-17/h9,11-12,15,17H,2-3,5,7-8,10H2,1H3. The molecule has 0 amide bonds. The highest BCUT2D eigenvalue weighted by Crippen LogP contribution is 2.20. The molecule has 1 atom stereocenters. The molecule has 1 fully saturated rings. The maximum atomic E-state index is 12.3. The lowest BCUT2D eigenvalue weighted by Crippen LogP contribution is -2.47. The first-order chi connectivity index (χ1) is 10.0. The van der Waals surface area contributed by atoms with Crippen molar-refractivity contribution in [2.45, 2.75) is 38.8 Å². The van der Waals surface area contributed by atoms with Crippen molar-refractivity contribution in [2.24, 2.45) is 0 Å². The highest BCUT2D eigenvalue weighted by atomic mass is 32.2. The van der Waals surface area contributed by atoms with Crippen molar-refractivity contribution in [3.63, 3.8) is 0 Å². The average molecular weight is 328 g/mol. The molecule has 5 nitrogen and oxygen atoms in total. The SMILES string of the molecule is CC1CCCCN1S(=O)(=O)NCc1cc(C#CCO)cs1. The highest BCUT2D eigenvalue weighted by Gasteiger charge is 2.29. The second kappa shape index (κ2) is 7.38. The number of aliphatic hydroxyl groups is 1. The van der Waals surface area contributed by atoms with Crippen molar-refractivity contribution >= 4 is 21.5 Å². The van der Waals surface area contributed by atoms with Crippen LogP contribution in [0.25, 0.3) is 0 Å². The molecule has 0 aromatic carbocycles. The zero-order valence-electron chi connectivity index (χ0n) is 12.0. The fraction of sp³-hybridized carbons (Fsp3) is 0.571. The smallest absolute Gasteiger partial charge is 0.280 e. The summed E-state index contributed by atoms with van der Waals surface area (Å²) >= 11 is 1.46. The lowest BCUT2D eigenvalue weighted by molar-refractivity contribution is 0.265. The van der Waals surface area contributed by atoms with Crippen LogP contribution in [0.5, 0.6) is 0 Å². The van der Waals surface area contributed by atoms with Crippen LogP contribution in [0.2, 0.25) is 0 Å². The van der Waals surface area contributed by atoms with E-state index in [1.807, 2.05) is 18.4 Å². The van der Waals surface area contributed by atoms with Crippen LogP contribution >= 0.6 is 11.3 Å². The summed E-state index contributed by atoms with van der Waals surface area (Å²) in [5, 5.41) is 10.5. The predicted molar refractivity (Wildman–Crippen MR) is 84.1 cm³/mol. The number of hydrogen-bond donors (Lipinski definition) is 2. The van der Waals surface area contributed by atoms with Crippen LogP contribution < -0.4 is 4.72 Å². The number of nitrogens with zero attached hydrogens (tertiary/aromatic N) is 1. The number of aliphatic hydroxyl groups excluding tert-OH is 1. The third-order valence-electron chi connectivity index (χ3n) is 3.45. The zero-order valence-corrected chi connectivity index (χ0v) is 13.6. The maximum Gasteiger partial charge on any atom is 0.280 e. The molecule has 2 rings (SSSR count). The van der Waals surface area contributed by atoms with Crippen molar-refractivity contribution in [2.75, 3.05) is 13.2 Å². The molecule has 0 bridgehead atoms. The summed E-state index contributed by atoms with van der Waals surface area (Å²) in [7, 11) is -3.42. The van der Waals surface area contributed by atoms with E-state index in [1.165, 1.54) is 11.3 Å². The Bertz CT molecular complexity index is 628. The van der Waals surface area contributed by atoms with Gasteiger partial charge in [-0.05, 0) is 25.8 Å². The number of rotatable bonds is 4. The van der Waals surface area contributed by atoms with Gasteiger partial charge in [0.15, 0.2) is 0 Å². The summed E-state index contributed by atoms with van der Waals surface area (Å²) in [6.45, 7) is 2.64. The normalized spacial score (nSPS) is 20.0. The lowest BCUT2D eigenvalue weighted by atomic mass is 10.1. The van der Waals surface area contributed by atoms with Crippen molar-refractivity contribution < 1.29 is 13.5 Å². The summed E-state index contributed by atoms with van der Waals surface area (Å²) in [6.07, 6.45) is 2.93. The molecule has 1 aromatic heterocycles. The third-order valence-corrected chi connectivity index (χ3v) is 6.05. The molecule has 0 spiro atoms. The minimum Gasteiger partial charge on any atom is -0.384 e. The highest BCUT2D eigenvalue weighted by molar-refractivity contribution is 7.87. The van der Waals surface area contributed by atoms with E-state index in [9.17, 15) is 8.42 Å². The van der Waals surface area contributed by atoms with Gasteiger partial charge in [0, 0.05) is 35.0 Å². The van der Waals surface area contributed by atoms with Gasteiger partial charge >= 0.3 is 0 Å². The molecule has 1 aromatic rings. The molecule has 116 valence electrons. The Hall–Kier alpha value is -0.910. The fourth-order valence-corrected chi connectivity index (χ4v) is 4.65. The first-order valence-electron chi connectivity index (χ1n) is 6.96. The molecule has 21 heavy (non-hydrogen) atoms. The maximum absolute atomic E-state index is 12.3.